The SMILES string of the molecule is COCc1oncc1C(=O)N1CCC[C@H](c2nc(-c3ccc(F)cc3)no2)C1. The molecule has 8 nitrogen and oxygen atoms in total. The molecule has 3 aromatic rings. The average molecular weight is 386 g/mol. The second-order valence-corrected chi connectivity index (χ2v) is 6.65. The van der Waals surface area contributed by atoms with E-state index in [-0.39, 0.29) is 24.2 Å². The van der Waals surface area contributed by atoms with Crippen LogP contribution in [0, 0.1) is 5.82 Å². The van der Waals surface area contributed by atoms with Gasteiger partial charge in [0.15, 0.2) is 5.76 Å². The van der Waals surface area contributed by atoms with Gasteiger partial charge in [0.05, 0.1) is 12.1 Å². The van der Waals surface area contributed by atoms with Crippen LogP contribution in [-0.4, -0.2) is 46.3 Å². The molecule has 0 aliphatic carbocycles. The standard InChI is InChI=1S/C19H19FN4O4/c1-26-11-16-15(9-21-27-16)19(25)24-8-2-3-13(10-24)18-22-17(23-28-18)12-4-6-14(20)7-5-12/h4-7,9,13H,2-3,8,10-11H2,1H3/t13-/m0/s1. The molecule has 1 saturated heterocycles. The topological polar surface area (TPSA) is 94.5 Å². The van der Waals surface area contributed by atoms with Crippen molar-refractivity contribution in [2.24, 2.45) is 0 Å². The van der Waals surface area contributed by atoms with Crippen molar-refractivity contribution < 1.29 is 23.0 Å². The van der Waals surface area contributed by atoms with E-state index in [1.807, 2.05) is 0 Å². The fourth-order valence-electron chi connectivity index (χ4n) is 3.32. The first kappa shape index (κ1) is 18.3. The lowest BCUT2D eigenvalue weighted by Crippen LogP contribution is -2.39. The summed E-state index contributed by atoms with van der Waals surface area (Å²) in [4.78, 5) is 19.0. The van der Waals surface area contributed by atoms with Gasteiger partial charge in [-0.3, -0.25) is 4.79 Å². The highest BCUT2D eigenvalue weighted by molar-refractivity contribution is 5.94. The molecule has 0 N–H and O–H groups in total. The number of likely N-dealkylation sites (tertiary alicyclic amines) is 1. The normalized spacial score (nSPS) is 17.1. The molecule has 3 heterocycles. The first-order valence-electron chi connectivity index (χ1n) is 8.97. The third-order valence-corrected chi connectivity index (χ3v) is 4.75. The molecule has 4 rings (SSSR count). The molecule has 9 heteroatoms. The Morgan fingerprint density at radius 2 is 2.14 bits per heavy atom. The predicted octanol–water partition coefficient (Wildman–Crippen LogP) is 3.03. The molecule has 146 valence electrons. The number of carbonyl (C=O) groups excluding carboxylic acids is 1. The van der Waals surface area contributed by atoms with Crippen LogP contribution in [0.4, 0.5) is 4.39 Å². The van der Waals surface area contributed by atoms with Gasteiger partial charge >= 0.3 is 0 Å². The van der Waals surface area contributed by atoms with E-state index in [4.69, 9.17) is 13.8 Å². The third kappa shape index (κ3) is 3.65. The zero-order valence-corrected chi connectivity index (χ0v) is 15.3. The van der Waals surface area contributed by atoms with Crippen molar-refractivity contribution in [1.29, 1.82) is 0 Å². The van der Waals surface area contributed by atoms with E-state index in [9.17, 15) is 9.18 Å². The molecule has 0 unspecified atom stereocenters. The van der Waals surface area contributed by atoms with Crippen molar-refractivity contribution in [1.82, 2.24) is 20.2 Å². The Hall–Kier alpha value is -3.07. The zero-order chi connectivity index (χ0) is 19.5. The summed E-state index contributed by atoms with van der Waals surface area (Å²) in [6, 6.07) is 5.90. The fraction of sp³-hybridized carbons (Fsp3) is 0.368. The van der Waals surface area contributed by atoms with Gasteiger partial charge in [-0.25, -0.2) is 4.39 Å². The van der Waals surface area contributed by atoms with Gasteiger partial charge in [0.2, 0.25) is 11.7 Å². The second-order valence-electron chi connectivity index (χ2n) is 6.65. The molecule has 1 fully saturated rings. The molecule has 1 aliphatic rings. The van der Waals surface area contributed by atoms with E-state index < -0.39 is 0 Å². The van der Waals surface area contributed by atoms with Crippen LogP contribution in [0.1, 0.15) is 40.8 Å². The summed E-state index contributed by atoms with van der Waals surface area (Å²) in [5, 5.41) is 7.70. The summed E-state index contributed by atoms with van der Waals surface area (Å²) < 4.78 is 28.7. The van der Waals surface area contributed by atoms with Crippen molar-refractivity contribution in [2.75, 3.05) is 20.2 Å². The minimum atomic E-state index is -0.324. The third-order valence-electron chi connectivity index (χ3n) is 4.75. The summed E-state index contributed by atoms with van der Waals surface area (Å²) in [5.41, 5.74) is 1.08. The molecule has 2 aromatic heterocycles. The number of hydrogen-bond acceptors (Lipinski definition) is 7. The maximum absolute atomic E-state index is 13.1. The van der Waals surface area contributed by atoms with Crippen molar-refractivity contribution >= 4 is 5.91 Å². The van der Waals surface area contributed by atoms with Gasteiger partial charge < -0.3 is 18.7 Å². The van der Waals surface area contributed by atoms with Crippen LogP contribution in [0.5, 0.6) is 0 Å². The van der Waals surface area contributed by atoms with E-state index in [0.717, 1.165) is 12.8 Å². The highest BCUT2D eigenvalue weighted by Crippen LogP contribution is 2.29. The summed E-state index contributed by atoms with van der Waals surface area (Å²) in [7, 11) is 1.53. The minimum Gasteiger partial charge on any atom is -0.377 e. The van der Waals surface area contributed by atoms with Crippen LogP contribution in [0.3, 0.4) is 0 Å². The van der Waals surface area contributed by atoms with Gasteiger partial charge in [-0.15, -0.1) is 0 Å². The smallest absolute Gasteiger partial charge is 0.259 e. The lowest BCUT2D eigenvalue weighted by atomic mass is 9.97. The number of benzene rings is 1. The molecule has 0 bridgehead atoms. The fourth-order valence-corrected chi connectivity index (χ4v) is 3.32. The molecular formula is C19H19FN4O4. The number of methoxy groups -OCH3 is 1. The highest BCUT2D eigenvalue weighted by Gasteiger charge is 2.31. The zero-order valence-electron chi connectivity index (χ0n) is 15.3. The van der Waals surface area contributed by atoms with E-state index in [1.165, 1.54) is 25.4 Å². The van der Waals surface area contributed by atoms with Crippen LogP contribution in [0.15, 0.2) is 39.5 Å². The monoisotopic (exact) mass is 386 g/mol. The largest absolute Gasteiger partial charge is 0.377 e. The van der Waals surface area contributed by atoms with E-state index in [2.05, 4.69) is 15.3 Å². The first-order chi connectivity index (χ1) is 13.7. The number of halogens is 1. The van der Waals surface area contributed by atoms with Crippen LogP contribution < -0.4 is 0 Å². The predicted molar refractivity (Wildman–Crippen MR) is 94.8 cm³/mol. The van der Waals surface area contributed by atoms with Gasteiger partial charge in [-0.05, 0) is 37.1 Å². The van der Waals surface area contributed by atoms with Crippen molar-refractivity contribution in [3.8, 4) is 11.4 Å². The van der Waals surface area contributed by atoms with Crippen molar-refractivity contribution in [3.05, 3.63) is 53.5 Å². The highest BCUT2D eigenvalue weighted by atomic mass is 19.1. The molecule has 1 amide bonds. The Balaban J connectivity index is 1.49. The lowest BCUT2D eigenvalue weighted by molar-refractivity contribution is 0.0687. The maximum Gasteiger partial charge on any atom is 0.259 e. The number of piperidine rings is 1. The number of aromatic nitrogens is 3. The van der Waals surface area contributed by atoms with E-state index >= 15 is 0 Å². The average Bonchev–Trinajstić information content (AvgIpc) is 3.38. The van der Waals surface area contributed by atoms with Gasteiger partial charge in [0.1, 0.15) is 18.0 Å². The number of hydrogen-bond donors (Lipinski definition) is 0. The lowest BCUT2D eigenvalue weighted by Gasteiger charge is -2.30. The summed E-state index contributed by atoms with van der Waals surface area (Å²) in [5.74, 6) is 0.738. The van der Waals surface area contributed by atoms with Crippen molar-refractivity contribution in [2.45, 2.75) is 25.4 Å². The minimum absolute atomic E-state index is 0.0647. The Morgan fingerprint density at radius 1 is 1.32 bits per heavy atom. The van der Waals surface area contributed by atoms with Gasteiger partial charge in [0.25, 0.3) is 5.91 Å². The van der Waals surface area contributed by atoms with Crippen LogP contribution in [0.25, 0.3) is 11.4 Å². The Labute approximate surface area is 160 Å². The van der Waals surface area contributed by atoms with Gasteiger partial charge in [-0.2, -0.15) is 4.98 Å². The summed E-state index contributed by atoms with van der Waals surface area (Å²) in [6.07, 6.45) is 3.07. The number of amides is 1. The molecule has 0 radical (unpaired) electrons. The number of ether oxygens (including phenoxy) is 1. The number of rotatable bonds is 5. The molecule has 28 heavy (non-hydrogen) atoms. The quantitative estimate of drug-likeness (QED) is 0.665. The van der Waals surface area contributed by atoms with Crippen LogP contribution in [-0.2, 0) is 11.3 Å². The van der Waals surface area contributed by atoms with Crippen LogP contribution in [0.2, 0.25) is 0 Å². The second kappa shape index (κ2) is 7.89. The van der Waals surface area contributed by atoms with Gasteiger partial charge in [0, 0.05) is 25.8 Å². The molecular weight excluding hydrogens is 367 g/mol. The first-order valence-corrected chi connectivity index (χ1v) is 8.97. The van der Waals surface area contributed by atoms with E-state index in [1.54, 1.807) is 17.0 Å². The Bertz CT molecular complexity index is 953. The number of nitrogens with zero attached hydrogens (tertiary/aromatic N) is 4. The molecule has 1 atom stereocenters. The van der Waals surface area contributed by atoms with E-state index in [0.29, 0.717) is 41.7 Å². The Morgan fingerprint density at radius 3 is 2.93 bits per heavy atom. The van der Waals surface area contributed by atoms with Crippen LogP contribution >= 0.6 is 0 Å². The number of carbonyl (C=O) groups is 1. The molecule has 0 spiro atoms. The summed E-state index contributed by atoms with van der Waals surface area (Å²) >= 11 is 0. The Kier molecular flexibility index (Phi) is 5.16. The molecule has 1 aliphatic heterocycles. The molecule has 0 saturated carbocycles. The maximum atomic E-state index is 13.1. The van der Waals surface area contributed by atoms with Crippen molar-refractivity contribution in [3.63, 3.8) is 0 Å². The molecule has 1 aromatic carbocycles. The van der Waals surface area contributed by atoms with Gasteiger partial charge in [-0.1, -0.05) is 10.3 Å². The summed E-state index contributed by atoms with van der Waals surface area (Å²) in [6.45, 7) is 1.27.